The summed E-state index contributed by atoms with van der Waals surface area (Å²) in [4.78, 5) is 4.23. The Morgan fingerprint density at radius 3 is 2.81 bits per heavy atom. The first-order valence-corrected chi connectivity index (χ1v) is 7.35. The molecule has 16 heavy (non-hydrogen) atoms. The number of aliphatic hydroxyl groups excluding tert-OH is 1. The monoisotopic (exact) mass is 258 g/mol. The van der Waals surface area contributed by atoms with Gasteiger partial charge in [-0.1, -0.05) is 18.3 Å². The summed E-state index contributed by atoms with van der Waals surface area (Å²) in [5.41, 5.74) is 0.447. The van der Waals surface area contributed by atoms with Crippen molar-refractivity contribution in [1.82, 2.24) is 0 Å². The van der Waals surface area contributed by atoms with Crippen LogP contribution in [0.2, 0.25) is 0 Å². The highest BCUT2D eigenvalue weighted by molar-refractivity contribution is 8.24. The average Bonchev–Trinajstić information content (AvgIpc) is 2.31. The Morgan fingerprint density at radius 1 is 1.50 bits per heavy atom. The minimum atomic E-state index is 0.265. The molecule has 90 valence electrons. The van der Waals surface area contributed by atoms with Crippen LogP contribution < -0.4 is 0 Å². The van der Waals surface area contributed by atoms with Gasteiger partial charge in [0.2, 0.25) is 0 Å². The quantitative estimate of drug-likeness (QED) is 0.239. The van der Waals surface area contributed by atoms with Crippen LogP contribution >= 0.6 is 23.5 Å². The Hall–Kier alpha value is -0.440. The van der Waals surface area contributed by atoms with Gasteiger partial charge in [0.15, 0.2) is 0 Å². The van der Waals surface area contributed by atoms with Crippen molar-refractivity contribution in [2.45, 2.75) is 19.8 Å². The highest BCUT2D eigenvalue weighted by atomic mass is 32.2. The maximum Gasteiger partial charge on any atom is 0.108 e. The van der Waals surface area contributed by atoms with Crippen molar-refractivity contribution in [3.63, 3.8) is 0 Å². The van der Waals surface area contributed by atoms with E-state index in [1.807, 2.05) is 13.0 Å². The van der Waals surface area contributed by atoms with Gasteiger partial charge in [0, 0.05) is 18.2 Å². The van der Waals surface area contributed by atoms with Crippen LogP contribution in [0.4, 0.5) is 0 Å². The van der Waals surface area contributed by atoms with E-state index in [0.717, 1.165) is 28.7 Å². The fourth-order valence-corrected chi connectivity index (χ4v) is 2.99. The van der Waals surface area contributed by atoms with Crippen LogP contribution in [0, 0.1) is 11.3 Å². The van der Waals surface area contributed by atoms with Gasteiger partial charge in [-0.3, -0.25) is 4.99 Å². The molecule has 0 aromatic carbocycles. The molecule has 0 saturated heterocycles. The predicted octanol–water partition coefficient (Wildman–Crippen LogP) is 2.68. The summed E-state index contributed by atoms with van der Waals surface area (Å²) in [6.07, 6.45) is 1.89. The molecule has 3 nitrogen and oxygen atoms in total. The van der Waals surface area contributed by atoms with Crippen molar-refractivity contribution in [1.29, 1.82) is 5.26 Å². The third-order valence-corrected chi connectivity index (χ3v) is 4.03. The van der Waals surface area contributed by atoms with E-state index in [2.05, 4.69) is 11.6 Å². The molecule has 0 aliphatic rings. The Labute approximate surface area is 106 Å². The highest BCUT2D eigenvalue weighted by Gasteiger charge is 2.04. The van der Waals surface area contributed by atoms with E-state index in [1.54, 1.807) is 23.5 Å². The van der Waals surface area contributed by atoms with E-state index in [0.29, 0.717) is 12.1 Å². The Kier molecular flexibility index (Phi) is 10.8. The van der Waals surface area contributed by atoms with Gasteiger partial charge in [-0.2, -0.15) is 17.0 Å². The normalized spacial score (nSPS) is 11.2. The molecular weight excluding hydrogens is 240 g/mol. The predicted molar refractivity (Wildman–Crippen MR) is 74.0 cm³/mol. The smallest absolute Gasteiger partial charge is 0.108 e. The molecule has 5 heteroatoms. The van der Waals surface area contributed by atoms with E-state index in [9.17, 15) is 0 Å². The summed E-state index contributed by atoms with van der Waals surface area (Å²) >= 11 is 3.36. The van der Waals surface area contributed by atoms with Gasteiger partial charge in [0.25, 0.3) is 0 Å². The first-order valence-electron chi connectivity index (χ1n) is 5.21. The molecule has 0 rings (SSSR count). The SMILES string of the molecule is C=C(C#N)/C(=N\CC)SCSCCCCO. The number of thioether (sulfide) groups is 2. The summed E-state index contributed by atoms with van der Waals surface area (Å²) in [7, 11) is 0. The topological polar surface area (TPSA) is 56.4 Å². The number of nitrogens with zero attached hydrogens (tertiary/aromatic N) is 2. The van der Waals surface area contributed by atoms with Gasteiger partial charge in [0.05, 0.1) is 5.57 Å². The van der Waals surface area contributed by atoms with Crippen LogP contribution in [-0.4, -0.2) is 34.1 Å². The van der Waals surface area contributed by atoms with E-state index >= 15 is 0 Å². The van der Waals surface area contributed by atoms with E-state index in [1.165, 1.54) is 0 Å². The second-order valence-electron chi connectivity index (χ2n) is 2.97. The minimum absolute atomic E-state index is 0.265. The third-order valence-electron chi connectivity index (χ3n) is 1.67. The van der Waals surface area contributed by atoms with Crippen molar-refractivity contribution in [2.24, 2.45) is 4.99 Å². The lowest BCUT2D eigenvalue weighted by Gasteiger charge is -2.03. The second kappa shape index (κ2) is 11.1. The molecule has 0 aromatic heterocycles. The number of unbranched alkanes of at least 4 members (excludes halogenated alkanes) is 1. The van der Waals surface area contributed by atoms with Crippen LogP contribution in [0.3, 0.4) is 0 Å². The number of aliphatic hydroxyl groups is 1. The molecular formula is C11H18N2OS2. The van der Waals surface area contributed by atoms with Crippen LogP contribution in [0.5, 0.6) is 0 Å². The van der Waals surface area contributed by atoms with Gasteiger partial charge in [-0.05, 0) is 25.5 Å². The maximum atomic E-state index is 8.73. The van der Waals surface area contributed by atoms with Gasteiger partial charge in [-0.15, -0.1) is 0 Å². The van der Waals surface area contributed by atoms with E-state index in [-0.39, 0.29) is 6.61 Å². The molecule has 0 heterocycles. The van der Waals surface area contributed by atoms with Crippen molar-refractivity contribution >= 4 is 28.6 Å². The molecule has 0 aliphatic carbocycles. The Bertz CT molecular complexity index is 272. The molecule has 0 aliphatic heterocycles. The fourth-order valence-electron chi connectivity index (χ4n) is 0.892. The maximum absolute atomic E-state index is 8.73. The third kappa shape index (κ3) is 7.80. The Morgan fingerprint density at radius 2 is 2.25 bits per heavy atom. The molecule has 1 N–H and O–H groups in total. The molecule has 0 radical (unpaired) electrons. The number of aliphatic imine (C=N–C) groups is 1. The fraction of sp³-hybridized carbons (Fsp3) is 0.636. The first-order chi connectivity index (χ1) is 7.76. The largest absolute Gasteiger partial charge is 0.396 e. The van der Waals surface area contributed by atoms with Crippen LogP contribution in [0.15, 0.2) is 17.1 Å². The molecule has 0 saturated carbocycles. The number of rotatable bonds is 8. The van der Waals surface area contributed by atoms with Crippen LogP contribution in [0.25, 0.3) is 0 Å². The van der Waals surface area contributed by atoms with Crippen molar-refractivity contribution in [3.8, 4) is 6.07 Å². The molecule has 0 unspecified atom stereocenters. The molecule has 0 fully saturated rings. The Balaban J connectivity index is 3.75. The van der Waals surface area contributed by atoms with Crippen LogP contribution in [-0.2, 0) is 0 Å². The summed E-state index contributed by atoms with van der Waals surface area (Å²) in [5, 5.41) is 19.0. The molecule has 0 bridgehead atoms. The van der Waals surface area contributed by atoms with Crippen LogP contribution in [0.1, 0.15) is 19.8 Å². The number of nitriles is 1. The summed E-state index contributed by atoms with van der Waals surface area (Å²) in [5.74, 6) is 1.03. The van der Waals surface area contributed by atoms with Gasteiger partial charge in [-0.25, -0.2) is 0 Å². The highest BCUT2D eigenvalue weighted by Crippen LogP contribution is 2.18. The summed E-state index contributed by atoms with van der Waals surface area (Å²) < 4.78 is 0. The van der Waals surface area contributed by atoms with Crippen molar-refractivity contribution < 1.29 is 5.11 Å². The number of hydrogen-bond donors (Lipinski definition) is 1. The zero-order chi connectivity index (χ0) is 12.2. The zero-order valence-corrected chi connectivity index (χ0v) is 11.2. The van der Waals surface area contributed by atoms with Crippen molar-refractivity contribution in [3.05, 3.63) is 12.2 Å². The molecule has 0 aromatic rings. The van der Waals surface area contributed by atoms with Gasteiger partial charge in [0.1, 0.15) is 11.1 Å². The molecule has 0 atom stereocenters. The minimum Gasteiger partial charge on any atom is -0.396 e. The first kappa shape index (κ1) is 15.6. The second-order valence-corrected chi connectivity index (χ2v) is 5.41. The number of hydrogen-bond acceptors (Lipinski definition) is 5. The lowest BCUT2D eigenvalue weighted by atomic mass is 10.4. The molecule has 0 spiro atoms. The average molecular weight is 258 g/mol. The van der Waals surface area contributed by atoms with Gasteiger partial charge < -0.3 is 5.11 Å². The zero-order valence-electron chi connectivity index (χ0n) is 9.61. The van der Waals surface area contributed by atoms with Crippen molar-refractivity contribution in [2.75, 3.05) is 24.0 Å². The van der Waals surface area contributed by atoms with Gasteiger partial charge >= 0.3 is 0 Å². The van der Waals surface area contributed by atoms with E-state index < -0.39 is 0 Å². The lowest BCUT2D eigenvalue weighted by molar-refractivity contribution is 0.287. The van der Waals surface area contributed by atoms with E-state index in [4.69, 9.17) is 10.4 Å². The lowest BCUT2D eigenvalue weighted by Crippen LogP contribution is -1.97. The standard InChI is InChI=1S/C11H18N2OS2/c1-3-13-11(10(2)8-12)16-9-15-7-5-4-6-14/h14H,2-7,9H2,1H3/b13-11+. The summed E-state index contributed by atoms with van der Waals surface area (Å²) in [6, 6.07) is 2.02. The molecule has 0 amide bonds. The summed E-state index contributed by atoms with van der Waals surface area (Å²) in [6.45, 7) is 6.55.